The number of nitrogens with two attached hydrogens (primary N) is 10. The summed E-state index contributed by atoms with van der Waals surface area (Å²) in [6.07, 6.45) is -10.0. The lowest BCUT2D eigenvalue weighted by molar-refractivity contribution is -0.147. The van der Waals surface area contributed by atoms with Gasteiger partial charge in [0.25, 0.3) is 0 Å². The first-order valence-corrected chi connectivity index (χ1v) is 44.8. The Morgan fingerprint density at radius 2 is 0.558 bits per heavy atom. The second kappa shape index (κ2) is 67.2. The summed E-state index contributed by atoms with van der Waals surface area (Å²) in [4.78, 5) is 262. The Hall–Kier alpha value is -14.0. The van der Waals surface area contributed by atoms with Gasteiger partial charge >= 0.3 is 17.9 Å². The number of carbonyl (C=O) groups excluding carboxylic acids is 16. The maximum absolute atomic E-state index is 15.1. The van der Waals surface area contributed by atoms with Crippen LogP contribution in [0.15, 0.2) is 30.3 Å². The summed E-state index contributed by atoms with van der Waals surface area (Å²) in [7, 11) is 0. The van der Waals surface area contributed by atoms with Crippen LogP contribution in [0.2, 0.25) is 0 Å². The van der Waals surface area contributed by atoms with Gasteiger partial charge in [0, 0.05) is 51.9 Å². The molecule has 16 amide bonds. The van der Waals surface area contributed by atoms with Crippen LogP contribution in [-0.4, -0.2) is 322 Å². The molecule has 0 radical (unpaired) electrons. The van der Waals surface area contributed by atoms with Crippen molar-refractivity contribution in [1.29, 1.82) is 21.6 Å². The highest BCUT2D eigenvalue weighted by Crippen LogP contribution is 2.16. The average molecular weight is 1960 g/mol. The molecule has 1 aromatic carbocycles. The van der Waals surface area contributed by atoms with E-state index in [0.717, 1.165) is 6.92 Å². The van der Waals surface area contributed by atoms with Crippen molar-refractivity contribution in [2.24, 2.45) is 57.3 Å². The van der Waals surface area contributed by atoms with E-state index in [0.29, 0.717) is 12.0 Å². The fourth-order valence-corrected chi connectivity index (χ4v) is 13.2. The normalized spacial score (nSPS) is 14.6. The van der Waals surface area contributed by atoms with Crippen molar-refractivity contribution < 1.29 is 122 Å². The molecule has 0 aliphatic rings. The summed E-state index contributed by atoms with van der Waals surface area (Å²) in [5.41, 5.74) is 56.4. The molecule has 57 heteroatoms. The third kappa shape index (κ3) is 51.6. The van der Waals surface area contributed by atoms with E-state index in [1.165, 1.54) is 6.92 Å². The highest BCUT2D eigenvalue weighted by atomic mass is 16.4. The van der Waals surface area contributed by atoms with Crippen LogP contribution in [-0.2, 0) is 97.5 Å². The Balaban J connectivity index is 4.08. The highest BCUT2D eigenvalue weighted by molar-refractivity contribution is 6.01. The molecule has 0 unspecified atom stereocenters. The smallest absolute Gasteiger partial charge is 0.326 e. The molecule has 0 saturated carbocycles. The maximum atomic E-state index is 15.1. The van der Waals surface area contributed by atoms with Crippen molar-refractivity contribution in [3.63, 3.8) is 0 Å². The zero-order chi connectivity index (χ0) is 104. The van der Waals surface area contributed by atoms with Crippen LogP contribution in [0.1, 0.15) is 174 Å². The maximum Gasteiger partial charge on any atom is 0.326 e. The monoisotopic (exact) mass is 1960 g/mol. The second-order valence-corrected chi connectivity index (χ2v) is 32.3. The van der Waals surface area contributed by atoms with Crippen LogP contribution in [0.3, 0.4) is 0 Å². The predicted molar refractivity (Wildman–Crippen MR) is 495 cm³/mol. The first kappa shape index (κ1) is 122. The molecule has 0 saturated heterocycles. The number of carboxylic acids is 3. The number of rotatable bonds is 73. The Morgan fingerprint density at radius 1 is 0.304 bits per heavy atom. The van der Waals surface area contributed by atoms with Crippen molar-refractivity contribution in [2.45, 2.75) is 277 Å². The number of amides is 16. The van der Waals surface area contributed by atoms with E-state index in [1.54, 1.807) is 30.3 Å². The minimum absolute atomic E-state index is 0.00902. The Morgan fingerprint density at radius 3 is 0.819 bits per heavy atom. The number of unbranched alkanes of at least 4 members (excludes halogenated alkanes) is 3. The number of hydrogen-bond acceptors (Lipinski definition) is 30. The zero-order valence-electron chi connectivity index (χ0n) is 77.2. The molecule has 17 atom stereocenters. The molecule has 0 aliphatic carbocycles. The number of carbonyl (C=O) groups is 19. The molecule has 48 N–H and O–H groups in total. The fourth-order valence-electron chi connectivity index (χ4n) is 13.2. The quantitative estimate of drug-likeness (QED) is 0.0164. The number of benzene rings is 1. The van der Waals surface area contributed by atoms with E-state index < -0.39 is 297 Å². The number of aliphatic hydroxyl groups excluding tert-OH is 3. The van der Waals surface area contributed by atoms with Crippen LogP contribution < -0.4 is 153 Å². The Labute approximate surface area is 795 Å². The van der Waals surface area contributed by atoms with Crippen molar-refractivity contribution in [2.75, 3.05) is 52.4 Å². The van der Waals surface area contributed by atoms with Gasteiger partial charge in [-0.1, -0.05) is 30.3 Å². The van der Waals surface area contributed by atoms with Gasteiger partial charge in [0.1, 0.15) is 90.6 Å². The van der Waals surface area contributed by atoms with Gasteiger partial charge in [-0.15, -0.1) is 0 Å². The van der Waals surface area contributed by atoms with E-state index >= 15 is 9.59 Å². The van der Waals surface area contributed by atoms with Crippen LogP contribution in [0.25, 0.3) is 0 Å². The van der Waals surface area contributed by atoms with Gasteiger partial charge in [0.15, 0.2) is 23.8 Å². The molecular weight excluding hydrogens is 1820 g/mol. The van der Waals surface area contributed by atoms with Gasteiger partial charge in [-0.3, -0.25) is 108 Å². The summed E-state index contributed by atoms with van der Waals surface area (Å²) in [5, 5.41) is 134. The molecule has 0 aliphatic heterocycles. The van der Waals surface area contributed by atoms with Gasteiger partial charge in [-0.05, 0) is 167 Å². The number of carboxylic acid groups (broad SMARTS) is 3. The van der Waals surface area contributed by atoms with Crippen LogP contribution >= 0.6 is 0 Å². The minimum Gasteiger partial charge on any atom is -0.481 e. The summed E-state index contributed by atoms with van der Waals surface area (Å²) in [5.74, 6) is -25.4. The number of aliphatic carboxylic acids is 3. The number of nitrogens with one attached hydrogen (secondary N) is 22. The molecular formula is C81H142N32O25. The van der Waals surface area contributed by atoms with Crippen LogP contribution in [0, 0.1) is 21.6 Å². The topological polar surface area (TPSA) is 1020 Å². The van der Waals surface area contributed by atoms with E-state index in [2.05, 4.69) is 95.7 Å². The first-order chi connectivity index (χ1) is 65.1. The summed E-state index contributed by atoms with van der Waals surface area (Å²) in [6, 6.07) is -18.6. The highest BCUT2D eigenvalue weighted by Gasteiger charge is 2.40. The van der Waals surface area contributed by atoms with Crippen LogP contribution in [0.5, 0.6) is 0 Å². The minimum atomic E-state index is -2.04. The van der Waals surface area contributed by atoms with E-state index in [9.17, 15) is 112 Å². The van der Waals surface area contributed by atoms with Crippen molar-refractivity contribution in [1.82, 2.24) is 95.7 Å². The first-order valence-electron chi connectivity index (χ1n) is 44.8. The lowest BCUT2D eigenvalue weighted by Gasteiger charge is -2.29. The number of guanidine groups is 4. The molecule has 1 aromatic rings. The molecule has 0 aromatic heterocycles. The molecule has 57 nitrogen and oxygen atoms in total. The van der Waals surface area contributed by atoms with Gasteiger partial charge < -0.3 is 184 Å². The molecule has 138 heavy (non-hydrogen) atoms. The molecule has 0 bridgehead atoms. The molecule has 0 spiro atoms. The molecule has 0 heterocycles. The molecule has 1 rings (SSSR count). The SMILES string of the molecule is C[C@@H](O)[C@H](N)C(=O)N[C@@H](CCCCN)C(=O)N[C@@H](CO)C(=O)N[C@H](C(=O)N[C@@H](CCCNC(=N)N)C(=O)N[C@@H](CCCCN)C(=O)N[C@@H](CCC(N)=O)C(=O)N[C@@H](CCC(=O)O)C(=O)N[C@@H](CCC(N)=O)C(=O)N[C@@H](CCCNC(=N)N)C(=O)N[C@@H](Cc1ccccc1)C(=O)N[C@@H](CCCNC(=N)N)C(=O)N[C@@H](CCCCN)C(=O)N[C@@H](CCCNC(=N)N)C(=O)N[C@@H](CC(=O)O)C(=O)O)[C@@H](C)O. The molecule has 776 valence electrons. The fraction of sp³-hybridized carbons (Fsp3) is 0.642. The lowest BCUT2D eigenvalue weighted by Crippen LogP contribution is -2.62. The lowest BCUT2D eigenvalue weighted by atomic mass is 10.0. The van der Waals surface area contributed by atoms with E-state index in [4.69, 9.17) is 79.0 Å². The van der Waals surface area contributed by atoms with Crippen LogP contribution in [0.4, 0.5) is 0 Å². The summed E-state index contributed by atoms with van der Waals surface area (Å²) >= 11 is 0. The van der Waals surface area contributed by atoms with Crippen molar-refractivity contribution in [3.8, 4) is 0 Å². The van der Waals surface area contributed by atoms with Gasteiger partial charge in [0.05, 0.1) is 25.2 Å². The Bertz CT molecular complexity index is 4210. The zero-order valence-corrected chi connectivity index (χ0v) is 77.2. The van der Waals surface area contributed by atoms with Gasteiger partial charge in [0.2, 0.25) is 94.5 Å². The number of primary amides is 2. The largest absolute Gasteiger partial charge is 0.481 e. The average Bonchev–Trinajstić information content (AvgIpc) is 0.845. The van der Waals surface area contributed by atoms with E-state index in [-0.39, 0.29) is 149 Å². The summed E-state index contributed by atoms with van der Waals surface area (Å²) in [6.45, 7) is 1.04. The van der Waals surface area contributed by atoms with Crippen molar-refractivity contribution >= 4 is 136 Å². The summed E-state index contributed by atoms with van der Waals surface area (Å²) < 4.78 is 0. The third-order valence-corrected chi connectivity index (χ3v) is 20.7. The van der Waals surface area contributed by atoms with E-state index in [1.807, 2.05) is 0 Å². The molecule has 0 fully saturated rings. The predicted octanol–water partition coefficient (Wildman–Crippen LogP) is -13.5. The Kier molecular flexibility index (Phi) is 59.4. The van der Waals surface area contributed by atoms with Gasteiger partial charge in [-0.2, -0.15) is 0 Å². The number of aliphatic hydroxyl groups is 3. The number of hydrogen-bond donors (Lipinski definition) is 38. The standard InChI is InChI=1S/C81H142N32O25/c1-41(115)61(87)75(135)108-46(20-8-11-33-84)69(129)112-56(40-114)74(134)113-62(42(2)116)76(136)109-50(24-15-37-99-81(94)95)66(126)101-45(19-7-10-32-83)64(124)105-52(26-29-58(86)118)71(131)107-53(27-30-59(119)120)72(132)106-51(25-28-57(85)117)70(130)103-48(22-13-35-97-79(90)91)67(127)110-54(38-43-16-4-3-5-17-43)73(133)104-47(21-12-34-96-78(88)89)65(125)100-44(18-6-9-31-82)63(123)102-49(23-14-36-98-80(92)93)68(128)111-55(77(137)138)39-60(121)122/h3-5,16-17,41-42,44-56,61-62,114-116H,6-15,18-40,82-84,87H2,1-2H3,(H2,85,117)(H2,86,118)(H,100,125)(H,101,126)(H,102,123)(H,103,130)(H,104,133)(H,105,124)(H,106,132)(H,107,131)(H,108,135)(H,109,136)(H,110,127)(H,111,128)(H,112,129)(H,113,134)(H,119,120)(H,121,122)(H,137,138)(H4,88,89,96)(H4,90,91,97)(H4,92,93,98)(H4,94,95,99)/t41-,42-,44+,45+,46+,47+,48+,49+,50+,51+,52+,53+,54+,55+,56+,61+,62+/m1/s1. The van der Waals surface area contributed by atoms with Gasteiger partial charge in [-0.25, -0.2) is 4.79 Å². The van der Waals surface area contributed by atoms with Crippen molar-refractivity contribution in [3.05, 3.63) is 35.9 Å². The third-order valence-electron chi connectivity index (χ3n) is 20.7. The second-order valence-electron chi connectivity index (χ2n) is 32.3.